The van der Waals surface area contributed by atoms with Crippen molar-refractivity contribution in [3.05, 3.63) is 89.5 Å². The number of halogens is 2. The number of fused-ring (bicyclic) bond motifs is 1. The van der Waals surface area contributed by atoms with E-state index in [-0.39, 0.29) is 24.8 Å². The molecule has 0 amide bonds. The molecule has 0 saturated heterocycles. The van der Waals surface area contributed by atoms with Crippen molar-refractivity contribution < 1.29 is 4.74 Å². The molecular weight excluding hydrogens is 475 g/mol. The summed E-state index contributed by atoms with van der Waals surface area (Å²) in [7, 11) is 6.54. The predicted octanol–water partition coefficient (Wildman–Crippen LogP) is 6.76. The Morgan fingerprint density at radius 3 is 2.20 bits per heavy atom. The van der Waals surface area contributed by atoms with E-state index in [9.17, 15) is 0 Å². The van der Waals surface area contributed by atoms with Gasteiger partial charge in [-0.25, -0.2) is 0 Å². The van der Waals surface area contributed by atoms with Crippen LogP contribution >= 0.6 is 24.8 Å². The highest BCUT2D eigenvalue weighted by Gasteiger charge is 2.19. The smallest absolute Gasteiger partial charge is 0.120 e. The van der Waals surface area contributed by atoms with Gasteiger partial charge in [0.15, 0.2) is 0 Å². The molecule has 0 bridgehead atoms. The maximum Gasteiger partial charge on any atom is 0.120 e. The zero-order valence-electron chi connectivity index (χ0n) is 21.3. The monoisotopic (exact) mass is 514 g/mol. The first-order valence-electron chi connectivity index (χ1n) is 12.3. The van der Waals surface area contributed by atoms with Gasteiger partial charge in [0.05, 0.1) is 0 Å². The van der Waals surface area contributed by atoms with Gasteiger partial charge in [0.1, 0.15) is 12.4 Å². The molecule has 5 heteroatoms. The Balaban J connectivity index is 0.00000216. The summed E-state index contributed by atoms with van der Waals surface area (Å²) in [6.07, 6.45) is 4.96. The molecular formula is C30H40Cl2N2O. The molecule has 0 heterocycles. The van der Waals surface area contributed by atoms with Gasteiger partial charge in [-0.1, -0.05) is 60.7 Å². The lowest BCUT2D eigenvalue weighted by Crippen LogP contribution is -2.30. The highest BCUT2D eigenvalue weighted by Crippen LogP contribution is 2.30. The summed E-state index contributed by atoms with van der Waals surface area (Å²) in [5.74, 6) is 1.79. The van der Waals surface area contributed by atoms with Gasteiger partial charge in [0, 0.05) is 13.1 Å². The number of nitrogens with zero attached hydrogens (tertiary/aromatic N) is 2. The molecule has 3 aromatic carbocycles. The van der Waals surface area contributed by atoms with Gasteiger partial charge in [0.2, 0.25) is 0 Å². The van der Waals surface area contributed by atoms with E-state index in [0.29, 0.717) is 6.61 Å². The molecule has 35 heavy (non-hydrogen) atoms. The van der Waals surface area contributed by atoms with Gasteiger partial charge in [-0.05, 0) is 99.2 Å². The second-order valence-electron chi connectivity index (χ2n) is 9.79. The summed E-state index contributed by atoms with van der Waals surface area (Å²) in [5.41, 5.74) is 6.68. The summed E-state index contributed by atoms with van der Waals surface area (Å²) in [6.45, 7) is 4.07. The van der Waals surface area contributed by atoms with Crippen molar-refractivity contribution in [2.75, 3.05) is 40.8 Å². The van der Waals surface area contributed by atoms with Gasteiger partial charge in [-0.15, -0.1) is 24.8 Å². The fourth-order valence-electron chi connectivity index (χ4n) is 4.62. The Bertz CT molecular complexity index is 1010. The fraction of sp³-hybridized carbons (Fsp3) is 0.400. The standard InChI is InChI=1S/C30H38N2O.2ClH/c1-31(2)19-20-32(3)18-17-24-9-14-29-22-30(16-15-28(29)21-24)33-23-25-10-12-27(13-11-25)26-7-5-4-6-8-26;;/h4-8,10-13,15-16,22,24H,9,14,17-21,23H2,1-3H3;2*1H. The third-order valence-electron chi connectivity index (χ3n) is 6.82. The molecule has 1 unspecified atom stereocenters. The molecule has 1 aliphatic carbocycles. The van der Waals surface area contributed by atoms with Crippen LogP contribution in [0.25, 0.3) is 11.1 Å². The first-order chi connectivity index (χ1) is 16.1. The Morgan fingerprint density at radius 1 is 0.771 bits per heavy atom. The van der Waals surface area contributed by atoms with E-state index in [1.165, 1.54) is 60.0 Å². The summed E-state index contributed by atoms with van der Waals surface area (Å²) in [4.78, 5) is 4.73. The van der Waals surface area contributed by atoms with Gasteiger partial charge in [-0.2, -0.15) is 0 Å². The van der Waals surface area contributed by atoms with E-state index in [1.54, 1.807) is 0 Å². The van der Waals surface area contributed by atoms with Crippen LogP contribution in [0.2, 0.25) is 0 Å². The minimum Gasteiger partial charge on any atom is -0.489 e. The van der Waals surface area contributed by atoms with Crippen molar-refractivity contribution in [2.24, 2.45) is 5.92 Å². The van der Waals surface area contributed by atoms with Crippen LogP contribution in [0.1, 0.15) is 29.5 Å². The number of likely N-dealkylation sites (N-methyl/N-ethyl adjacent to an activating group) is 2. The SMILES string of the molecule is CN(C)CCN(C)CCC1CCc2cc(OCc3ccc(-c4ccccc4)cc3)ccc2C1.Cl.Cl. The average molecular weight is 516 g/mol. The molecule has 0 aromatic heterocycles. The van der Waals surface area contributed by atoms with E-state index in [0.717, 1.165) is 24.8 Å². The van der Waals surface area contributed by atoms with Crippen LogP contribution in [-0.2, 0) is 19.4 Å². The van der Waals surface area contributed by atoms with Crippen LogP contribution in [0.5, 0.6) is 5.75 Å². The van der Waals surface area contributed by atoms with Gasteiger partial charge < -0.3 is 14.5 Å². The van der Waals surface area contributed by atoms with Gasteiger partial charge in [-0.3, -0.25) is 0 Å². The minimum atomic E-state index is 0. The first-order valence-corrected chi connectivity index (χ1v) is 12.3. The Morgan fingerprint density at radius 2 is 1.49 bits per heavy atom. The van der Waals surface area contributed by atoms with E-state index in [4.69, 9.17) is 4.74 Å². The molecule has 0 saturated carbocycles. The summed E-state index contributed by atoms with van der Waals surface area (Å²) in [6, 6.07) is 25.9. The van der Waals surface area contributed by atoms with E-state index in [1.807, 2.05) is 0 Å². The van der Waals surface area contributed by atoms with Crippen molar-refractivity contribution in [3.8, 4) is 16.9 Å². The molecule has 0 aliphatic heterocycles. The second kappa shape index (κ2) is 14.5. The van der Waals surface area contributed by atoms with Crippen LogP contribution in [-0.4, -0.2) is 50.6 Å². The Hall–Kier alpha value is -2.04. The lowest BCUT2D eigenvalue weighted by molar-refractivity contribution is 0.257. The summed E-state index contributed by atoms with van der Waals surface area (Å²) in [5, 5.41) is 0. The summed E-state index contributed by atoms with van der Waals surface area (Å²) < 4.78 is 6.15. The number of rotatable bonds is 10. The maximum absolute atomic E-state index is 6.15. The highest BCUT2D eigenvalue weighted by molar-refractivity contribution is 5.85. The molecule has 0 fully saturated rings. The maximum atomic E-state index is 6.15. The van der Waals surface area contributed by atoms with Crippen LogP contribution in [0.3, 0.4) is 0 Å². The van der Waals surface area contributed by atoms with E-state index < -0.39 is 0 Å². The number of aryl methyl sites for hydroxylation is 1. The third-order valence-corrected chi connectivity index (χ3v) is 6.82. The zero-order valence-corrected chi connectivity index (χ0v) is 22.9. The number of ether oxygens (including phenoxy) is 1. The topological polar surface area (TPSA) is 15.7 Å². The molecule has 190 valence electrons. The second-order valence-corrected chi connectivity index (χ2v) is 9.79. The fourth-order valence-corrected chi connectivity index (χ4v) is 4.62. The largest absolute Gasteiger partial charge is 0.489 e. The molecule has 0 spiro atoms. The summed E-state index contributed by atoms with van der Waals surface area (Å²) >= 11 is 0. The molecule has 4 rings (SSSR count). The molecule has 0 radical (unpaired) electrons. The van der Waals surface area contributed by atoms with Crippen molar-refractivity contribution in [1.29, 1.82) is 0 Å². The van der Waals surface area contributed by atoms with Crippen molar-refractivity contribution in [1.82, 2.24) is 9.80 Å². The highest BCUT2D eigenvalue weighted by atomic mass is 35.5. The van der Waals surface area contributed by atoms with E-state index in [2.05, 4.69) is 104 Å². The lowest BCUT2D eigenvalue weighted by Gasteiger charge is -2.27. The van der Waals surface area contributed by atoms with Gasteiger partial charge >= 0.3 is 0 Å². The van der Waals surface area contributed by atoms with Crippen LogP contribution < -0.4 is 4.74 Å². The molecule has 1 aliphatic rings. The molecule has 1 atom stereocenters. The number of benzene rings is 3. The van der Waals surface area contributed by atoms with Gasteiger partial charge in [0.25, 0.3) is 0 Å². The lowest BCUT2D eigenvalue weighted by atomic mass is 9.82. The van der Waals surface area contributed by atoms with Crippen molar-refractivity contribution in [2.45, 2.75) is 32.3 Å². The normalized spacial score (nSPS) is 14.7. The Kier molecular flexibility index (Phi) is 12.1. The van der Waals surface area contributed by atoms with Crippen molar-refractivity contribution >= 4 is 24.8 Å². The van der Waals surface area contributed by atoms with Crippen LogP contribution in [0.4, 0.5) is 0 Å². The zero-order chi connectivity index (χ0) is 23.0. The molecule has 0 N–H and O–H groups in total. The minimum absolute atomic E-state index is 0. The van der Waals surface area contributed by atoms with Crippen LogP contribution in [0, 0.1) is 5.92 Å². The third kappa shape index (κ3) is 8.84. The Labute approximate surface area is 224 Å². The molecule has 3 aromatic rings. The first kappa shape index (κ1) is 29.2. The predicted molar refractivity (Wildman–Crippen MR) is 153 cm³/mol. The number of hydrogen-bond donors (Lipinski definition) is 0. The quantitative estimate of drug-likeness (QED) is 0.297. The average Bonchev–Trinajstić information content (AvgIpc) is 2.85. The van der Waals surface area contributed by atoms with Crippen molar-refractivity contribution in [3.63, 3.8) is 0 Å². The molecule has 3 nitrogen and oxygen atoms in total. The van der Waals surface area contributed by atoms with E-state index >= 15 is 0 Å². The van der Waals surface area contributed by atoms with Crippen LogP contribution in [0.15, 0.2) is 72.8 Å². The number of hydrogen-bond acceptors (Lipinski definition) is 3.